The first kappa shape index (κ1) is 19.9. The van der Waals surface area contributed by atoms with Gasteiger partial charge in [0.05, 0.1) is 23.8 Å². The molecular weight excluding hydrogens is 366 g/mol. The van der Waals surface area contributed by atoms with Crippen LogP contribution >= 0.6 is 11.8 Å². The van der Waals surface area contributed by atoms with Gasteiger partial charge in [-0.1, -0.05) is 6.07 Å². The highest BCUT2D eigenvalue weighted by Crippen LogP contribution is 2.52. The fourth-order valence-corrected chi connectivity index (χ4v) is 5.15. The maximum absolute atomic E-state index is 12.5. The molecule has 146 valence electrons. The molecule has 2 aliphatic heterocycles. The number of carbonyl (C=O) groups excluding carboxylic acids is 1. The van der Waals surface area contributed by atoms with Gasteiger partial charge in [-0.25, -0.2) is 4.79 Å². The number of aromatic nitrogens is 1. The standard InChI is InChI=1S/C19H25N3O4S/c1-11(23)14-15-13(7-9-21(2)3)17(16(19(25)26)22(15)18(14)24)27-10-12-6-4-5-8-20-12/h4-6,8,11,13-15,23H,7,9-10H2,1-3H3,(H,25,26)/t11-,13-,14-,15-/m1/s1. The lowest BCUT2D eigenvalue weighted by Gasteiger charge is -2.47. The molecule has 3 rings (SSSR count). The monoisotopic (exact) mass is 391 g/mol. The first-order valence-electron chi connectivity index (χ1n) is 8.99. The minimum Gasteiger partial charge on any atom is -0.477 e. The van der Waals surface area contributed by atoms with Crippen LogP contribution in [0.15, 0.2) is 35.0 Å². The zero-order valence-corrected chi connectivity index (χ0v) is 16.5. The predicted molar refractivity (Wildman–Crippen MR) is 103 cm³/mol. The Hall–Kier alpha value is -1.90. The van der Waals surface area contributed by atoms with Crippen LogP contribution in [0.5, 0.6) is 0 Å². The number of pyridine rings is 1. The molecule has 0 radical (unpaired) electrons. The van der Waals surface area contributed by atoms with Crippen molar-refractivity contribution in [1.29, 1.82) is 0 Å². The van der Waals surface area contributed by atoms with Crippen molar-refractivity contribution in [2.75, 3.05) is 20.6 Å². The third kappa shape index (κ3) is 3.74. The molecule has 1 aromatic heterocycles. The molecule has 8 heteroatoms. The lowest BCUT2D eigenvalue weighted by molar-refractivity contribution is -0.163. The van der Waals surface area contributed by atoms with E-state index in [-0.39, 0.29) is 23.6 Å². The van der Waals surface area contributed by atoms with Crippen LogP contribution in [-0.4, -0.2) is 69.7 Å². The van der Waals surface area contributed by atoms with Crippen molar-refractivity contribution >= 4 is 23.6 Å². The molecular formula is C19H25N3O4S. The number of hydrogen-bond acceptors (Lipinski definition) is 6. The number of carbonyl (C=O) groups is 2. The second-order valence-corrected chi connectivity index (χ2v) is 8.31. The molecule has 1 saturated heterocycles. The van der Waals surface area contributed by atoms with Gasteiger partial charge in [-0.05, 0) is 46.1 Å². The van der Waals surface area contributed by atoms with Crippen LogP contribution in [0, 0.1) is 11.8 Å². The second-order valence-electron chi connectivity index (χ2n) is 7.29. The number of nitrogens with zero attached hydrogens (tertiary/aromatic N) is 3. The number of aliphatic carboxylic acids is 1. The molecule has 0 spiro atoms. The molecule has 27 heavy (non-hydrogen) atoms. The summed E-state index contributed by atoms with van der Waals surface area (Å²) in [7, 11) is 3.93. The molecule has 0 bridgehead atoms. The molecule has 1 amide bonds. The van der Waals surface area contributed by atoms with E-state index in [0.29, 0.717) is 5.75 Å². The molecule has 3 heterocycles. The summed E-state index contributed by atoms with van der Waals surface area (Å²) in [6.07, 6.45) is 1.64. The van der Waals surface area contributed by atoms with Gasteiger partial charge in [0.15, 0.2) is 0 Å². The van der Waals surface area contributed by atoms with Gasteiger partial charge in [0.1, 0.15) is 5.70 Å². The summed E-state index contributed by atoms with van der Waals surface area (Å²) in [6, 6.07) is 5.35. The van der Waals surface area contributed by atoms with Crippen molar-refractivity contribution in [3.8, 4) is 0 Å². The van der Waals surface area contributed by atoms with Crippen molar-refractivity contribution in [3.63, 3.8) is 0 Å². The zero-order valence-electron chi connectivity index (χ0n) is 15.7. The van der Waals surface area contributed by atoms with Crippen LogP contribution < -0.4 is 0 Å². The number of carboxylic acid groups (broad SMARTS) is 1. The molecule has 1 aromatic rings. The Balaban J connectivity index is 1.91. The summed E-state index contributed by atoms with van der Waals surface area (Å²) < 4.78 is 0. The largest absolute Gasteiger partial charge is 0.477 e. The van der Waals surface area contributed by atoms with Crippen LogP contribution in [0.25, 0.3) is 0 Å². The van der Waals surface area contributed by atoms with Gasteiger partial charge in [0.2, 0.25) is 5.91 Å². The highest BCUT2D eigenvalue weighted by Gasteiger charge is 2.60. The maximum Gasteiger partial charge on any atom is 0.353 e. The number of aliphatic hydroxyl groups is 1. The van der Waals surface area contributed by atoms with Crippen LogP contribution in [-0.2, 0) is 15.3 Å². The first-order valence-corrected chi connectivity index (χ1v) is 9.97. The topological polar surface area (TPSA) is 94.0 Å². The van der Waals surface area contributed by atoms with Crippen molar-refractivity contribution in [2.45, 2.75) is 31.2 Å². The van der Waals surface area contributed by atoms with Gasteiger partial charge in [-0.15, -0.1) is 11.8 Å². The molecule has 0 unspecified atom stereocenters. The lowest BCUT2D eigenvalue weighted by Crippen LogP contribution is -2.64. The number of rotatable bonds is 8. The summed E-state index contributed by atoms with van der Waals surface area (Å²) in [6.45, 7) is 2.37. The van der Waals surface area contributed by atoms with Crippen LogP contribution in [0.3, 0.4) is 0 Å². The summed E-state index contributed by atoms with van der Waals surface area (Å²) >= 11 is 1.44. The van der Waals surface area contributed by atoms with E-state index >= 15 is 0 Å². The fraction of sp³-hybridized carbons (Fsp3) is 0.526. The van der Waals surface area contributed by atoms with Crippen molar-refractivity contribution in [2.24, 2.45) is 11.8 Å². The lowest BCUT2D eigenvalue weighted by atomic mass is 9.77. The van der Waals surface area contributed by atoms with E-state index in [9.17, 15) is 19.8 Å². The van der Waals surface area contributed by atoms with Crippen molar-refractivity contribution < 1.29 is 19.8 Å². The normalized spacial score (nSPS) is 25.6. The highest BCUT2D eigenvalue weighted by molar-refractivity contribution is 8.02. The van der Waals surface area contributed by atoms with Gasteiger partial charge < -0.3 is 20.0 Å². The smallest absolute Gasteiger partial charge is 0.353 e. The molecule has 1 fully saturated rings. The number of hydrogen-bond donors (Lipinski definition) is 2. The third-order valence-electron chi connectivity index (χ3n) is 5.12. The number of amides is 1. The summed E-state index contributed by atoms with van der Waals surface area (Å²) in [4.78, 5) is 33.0. The Morgan fingerprint density at radius 1 is 1.41 bits per heavy atom. The van der Waals surface area contributed by atoms with Gasteiger partial charge in [0, 0.05) is 22.8 Å². The van der Waals surface area contributed by atoms with E-state index in [1.807, 2.05) is 37.2 Å². The van der Waals surface area contributed by atoms with E-state index in [1.54, 1.807) is 13.1 Å². The quantitative estimate of drug-likeness (QED) is 0.647. The fourth-order valence-electron chi connectivity index (χ4n) is 3.88. The van der Waals surface area contributed by atoms with E-state index in [1.165, 1.54) is 16.7 Å². The minimum absolute atomic E-state index is 0.0755. The first-order chi connectivity index (χ1) is 12.8. The van der Waals surface area contributed by atoms with Gasteiger partial charge in [-0.2, -0.15) is 0 Å². The average molecular weight is 391 g/mol. The molecule has 0 aliphatic carbocycles. The maximum atomic E-state index is 12.5. The van der Waals surface area contributed by atoms with E-state index in [2.05, 4.69) is 4.98 Å². The van der Waals surface area contributed by atoms with Gasteiger partial charge in [0.25, 0.3) is 0 Å². The van der Waals surface area contributed by atoms with Crippen LogP contribution in [0.2, 0.25) is 0 Å². The summed E-state index contributed by atoms with van der Waals surface area (Å²) in [5, 5.41) is 19.9. The number of carboxylic acids is 1. The average Bonchev–Trinajstić information content (AvgIpc) is 2.88. The summed E-state index contributed by atoms with van der Waals surface area (Å²) in [5.41, 5.74) is 0.935. The van der Waals surface area contributed by atoms with Crippen LogP contribution in [0.1, 0.15) is 19.0 Å². The summed E-state index contributed by atoms with van der Waals surface area (Å²) in [5.74, 6) is -1.48. The second kappa shape index (κ2) is 8.00. The molecule has 2 aliphatic rings. The van der Waals surface area contributed by atoms with Crippen molar-refractivity contribution in [1.82, 2.24) is 14.8 Å². The van der Waals surface area contributed by atoms with Crippen molar-refractivity contribution in [3.05, 3.63) is 40.7 Å². The Morgan fingerprint density at radius 3 is 2.70 bits per heavy atom. The van der Waals surface area contributed by atoms with E-state index < -0.39 is 18.0 Å². The highest BCUT2D eigenvalue weighted by atomic mass is 32.2. The third-order valence-corrected chi connectivity index (χ3v) is 6.37. The van der Waals surface area contributed by atoms with E-state index in [4.69, 9.17) is 0 Å². The molecule has 7 nitrogen and oxygen atoms in total. The Morgan fingerprint density at radius 2 is 2.15 bits per heavy atom. The SMILES string of the molecule is C[C@@H](O)[C@H]1C(=O)N2C(C(=O)O)=C(SCc3ccccn3)[C@H](CCN(C)C)[C@H]12. The molecule has 0 aromatic carbocycles. The molecule has 4 atom stereocenters. The molecule has 2 N–H and O–H groups in total. The van der Waals surface area contributed by atoms with Gasteiger partial charge >= 0.3 is 5.97 Å². The Bertz CT molecular complexity index is 751. The number of fused-ring (bicyclic) bond motifs is 1. The minimum atomic E-state index is -1.09. The van der Waals surface area contributed by atoms with Gasteiger partial charge in [-0.3, -0.25) is 9.78 Å². The predicted octanol–water partition coefficient (Wildman–Crippen LogP) is 1.40. The Labute approximate surface area is 163 Å². The number of aliphatic hydroxyl groups excluding tert-OH is 1. The van der Waals surface area contributed by atoms with Crippen LogP contribution in [0.4, 0.5) is 0 Å². The number of β-lactam (4-membered cyclic amide) rings is 1. The molecule has 0 saturated carbocycles. The zero-order chi connectivity index (χ0) is 19.7. The number of thioether (sulfide) groups is 1. The van der Waals surface area contributed by atoms with E-state index in [0.717, 1.165) is 23.6 Å². The Kier molecular flexibility index (Phi) is 5.88.